The summed E-state index contributed by atoms with van der Waals surface area (Å²) in [4.78, 5) is 27.5. The second kappa shape index (κ2) is 5.77. The van der Waals surface area contributed by atoms with Crippen LogP contribution in [-0.4, -0.2) is 34.9 Å². The van der Waals surface area contributed by atoms with Crippen molar-refractivity contribution >= 4 is 12.4 Å². The van der Waals surface area contributed by atoms with Crippen molar-refractivity contribution in [1.29, 1.82) is 0 Å². The highest BCUT2D eigenvalue weighted by Crippen LogP contribution is 2.21. The summed E-state index contributed by atoms with van der Waals surface area (Å²) in [7, 11) is 1.37. The second-order valence-electron chi connectivity index (χ2n) is 5.06. The van der Waals surface area contributed by atoms with Crippen molar-refractivity contribution in [3.63, 3.8) is 0 Å². The van der Waals surface area contributed by atoms with E-state index >= 15 is 0 Å². The molecule has 1 aromatic rings. The summed E-state index contributed by atoms with van der Waals surface area (Å²) >= 11 is 0. The number of carbonyl (C=O) groups is 2. The standard InChI is InChI=1S/C13H17FN2O3/c1-13(2,3)19-12(18)16(4)10(8-17)9-6-5-7-15-11(9)14/h5-8,10H,1-4H3. The van der Waals surface area contributed by atoms with Crippen LogP contribution in [0, 0.1) is 5.95 Å². The lowest BCUT2D eigenvalue weighted by Gasteiger charge is -2.28. The number of amides is 1. The molecule has 19 heavy (non-hydrogen) atoms. The predicted molar refractivity (Wildman–Crippen MR) is 67.0 cm³/mol. The van der Waals surface area contributed by atoms with Crippen LogP contribution < -0.4 is 0 Å². The average Bonchev–Trinajstić information content (AvgIpc) is 2.30. The third-order valence-corrected chi connectivity index (χ3v) is 2.33. The van der Waals surface area contributed by atoms with Crippen LogP contribution in [0.2, 0.25) is 0 Å². The minimum atomic E-state index is -1.07. The predicted octanol–water partition coefficient (Wildman–Crippen LogP) is 2.33. The third-order valence-electron chi connectivity index (χ3n) is 2.33. The molecular weight excluding hydrogens is 251 g/mol. The molecule has 1 amide bonds. The summed E-state index contributed by atoms with van der Waals surface area (Å²) in [6.45, 7) is 5.12. The second-order valence-corrected chi connectivity index (χ2v) is 5.06. The fourth-order valence-electron chi connectivity index (χ4n) is 1.44. The van der Waals surface area contributed by atoms with Gasteiger partial charge in [0.1, 0.15) is 17.9 Å². The summed E-state index contributed by atoms with van der Waals surface area (Å²) in [5.74, 6) is -0.782. The monoisotopic (exact) mass is 268 g/mol. The van der Waals surface area contributed by atoms with Crippen LogP contribution in [0.25, 0.3) is 0 Å². The smallest absolute Gasteiger partial charge is 0.410 e. The van der Waals surface area contributed by atoms with Crippen molar-refractivity contribution < 1.29 is 18.7 Å². The molecule has 0 spiro atoms. The Morgan fingerprint density at radius 2 is 2.16 bits per heavy atom. The van der Waals surface area contributed by atoms with Gasteiger partial charge in [-0.1, -0.05) is 6.07 Å². The van der Waals surface area contributed by atoms with E-state index in [4.69, 9.17) is 4.74 Å². The van der Waals surface area contributed by atoms with Crippen LogP contribution in [0.1, 0.15) is 32.4 Å². The molecule has 0 bridgehead atoms. The minimum Gasteiger partial charge on any atom is -0.444 e. The minimum absolute atomic E-state index is 0.0332. The van der Waals surface area contributed by atoms with Crippen molar-refractivity contribution in [3.8, 4) is 0 Å². The van der Waals surface area contributed by atoms with E-state index in [1.165, 1.54) is 25.4 Å². The molecule has 1 atom stereocenters. The molecule has 6 heteroatoms. The molecule has 0 fully saturated rings. The van der Waals surface area contributed by atoms with Crippen LogP contribution in [-0.2, 0) is 9.53 Å². The number of hydrogen-bond acceptors (Lipinski definition) is 4. The Hall–Kier alpha value is -1.98. The quantitative estimate of drug-likeness (QED) is 0.623. The number of nitrogens with zero attached hydrogens (tertiary/aromatic N) is 2. The van der Waals surface area contributed by atoms with E-state index in [0.29, 0.717) is 6.29 Å². The van der Waals surface area contributed by atoms with Gasteiger partial charge in [-0.25, -0.2) is 9.78 Å². The van der Waals surface area contributed by atoms with E-state index < -0.39 is 23.7 Å². The summed E-state index contributed by atoms with van der Waals surface area (Å²) in [5, 5.41) is 0. The number of aldehydes is 1. The molecule has 104 valence electrons. The van der Waals surface area contributed by atoms with E-state index in [-0.39, 0.29) is 5.56 Å². The zero-order valence-electron chi connectivity index (χ0n) is 11.4. The highest BCUT2D eigenvalue weighted by molar-refractivity contribution is 5.74. The van der Waals surface area contributed by atoms with Crippen molar-refractivity contribution in [2.75, 3.05) is 7.05 Å². The lowest BCUT2D eigenvalue weighted by Crippen LogP contribution is -2.37. The number of hydrogen-bond donors (Lipinski definition) is 0. The van der Waals surface area contributed by atoms with Crippen LogP contribution in [0.15, 0.2) is 18.3 Å². The van der Waals surface area contributed by atoms with E-state index in [9.17, 15) is 14.0 Å². The number of pyridine rings is 1. The first-order valence-corrected chi connectivity index (χ1v) is 5.78. The third kappa shape index (κ3) is 4.01. The van der Waals surface area contributed by atoms with Crippen molar-refractivity contribution in [3.05, 3.63) is 29.8 Å². The number of rotatable bonds is 3. The molecule has 0 aromatic carbocycles. The Bertz CT molecular complexity index is 471. The largest absolute Gasteiger partial charge is 0.444 e. The molecule has 0 saturated heterocycles. The van der Waals surface area contributed by atoms with Crippen molar-refractivity contribution in [2.24, 2.45) is 0 Å². The molecule has 0 N–H and O–H groups in total. The Kier molecular flexibility index (Phi) is 4.58. The molecule has 1 rings (SSSR count). The molecule has 0 aliphatic carbocycles. The lowest BCUT2D eigenvalue weighted by atomic mass is 10.1. The van der Waals surface area contributed by atoms with Crippen molar-refractivity contribution in [1.82, 2.24) is 9.88 Å². The molecule has 5 nitrogen and oxygen atoms in total. The summed E-state index contributed by atoms with van der Waals surface area (Å²) in [6.07, 6.45) is 1.05. The number of carbonyl (C=O) groups excluding carboxylic acids is 2. The van der Waals surface area contributed by atoms with Gasteiger partial charge in [0.25, 0.3) is 0 Å². The Morgan fingerprint density at radius 3 is 2.63 bits per heavy atom. The zero-order chi connectivity index (χ0) is 14.6. The van der Waals surface area contributed by atoms with Crippen molar-refractivity contribution in [2.45, 2.75) is 32.4 Å². The SMILES string of the molecule is CN(C(=O)OC(C)(C)C)C(C=O)c1cccnc1F. The number of likely N-dealkylation sites (N-methyl/N-ethyl adjacent to an activating group) is 1. The highest BCUT2D eigenvalue weighted by atomic mass is 19.1. The first kappa shape index (κ1) is 15.1. The summed E-state index contributed by atoms with van der Waals surface area (Å²) in [6, 6.07) is 1.84. The Balaban J connectivity index is 2.95. The number of aromatic nitrogens is 1. The Morgan fingerprint density at radius 1 is 1.53 bits per heavy atom. The Labute approximate surface area is 111 Å². The maximum atomic E-state index is 13.5. The molecule has 0 radical (unpaired) electrons. The first-order chi connectivity index (χ1) is 8.76. The first-order valence-electron chi connectivity index (χ1n) is 5.78. The fraction of sp³-hybridized carbons (Fsp3) is 0.462. The van der Waals surface area contributed by atoms with Gasteiger partial charge in [-0.2, -0.15) is 4.39 Å². The van der Waals surface area contributed by atoms with Crippen LogP contribution in [0.5, 0.6) is 0 Å². The van der Waals surface area contributed by atoms with Crippen LogP contribution in [0.4, 0.5) is 9.18 Å². The maximum Gasteiger partial charge on any atom is 0.410 e. The maximum absolute atomic E-state index is 13.5. The van der Waals surface area contributed by atoms with E-state index in [2.05, 4.69) is 4.98 Å². The molecule has 0 aliphatic rings. The molecule has 0 aliphatic heterocycles. The number of ether oxygens (including phenoxy) is 1. The van der Waals surface area contributed by atoms with Gasteiger partial charge in [0.05, 0.1) is 0 Å². The lowest BCUT2D eigenvalue weighted by molar-refractivity contribution is -0.112. The highest BCUT2D eigenvalue weighted by Gasteiger charge is 2.28. The zero-order valence-corrected chi connectivity index (χ0v) is 11.4. The van der Waals surface area contributed by atoms with Gasteiger partial charge in [-0.15, -0.1) is 0 Å². The molecule has 1 aromatic heterocycles. The van der Waals surface area contributed by atoms with Gasteiger partial charge < -0.3 is 9.53 Å². The summed E-state index contributed by atoms with van der Waals surface area (Å²) in [5.41, 5.74) is -0.655. The molecular formula is C13H17FN2O3. The fourth-order valence-corrected chi connectivity index (χ4v) is 1.44. The molecule has 1 heterocycles. The van der Waals surface area contributed by atoms with Gasteiger partial charge in [-0.3, -0.25) is 4.90 Å². The number of halogens is 1. The van der Waals surface area contributed by atoms with E-state index in [1.807, 2.05) is 0 Å². The van der Waals surface area contributed by atoms with Gasteiger partial charge in [0, 0.05) is 18.8 Å². The van der Waals surface area contributed by atoms with Gasteiger partial charge in [0.2, 0.25) is 5.95 Å². The van der Waals surface area contributed by atoms with Gasteiger partial charge >= 0.3 is 6.09 Å². The topological polar surface area (TPSA) is 59.5 Å². The normalized spacial score (nSPS) is 12.7. The van der Waals surface area contributed by atoms with Gasteiger partial charge in [-0.05, 0) is 26.8 Å². The summed E-state index contributed by atoms with van der Waals surface area (Å²) < 4.78 is 18.7. The van der Waals surface area contributed by atoms with Crippen LogP contribution in [0.3, 0.4) is 0 Å². The van der Waals surface area contributed by atoms with E-state index in [1.54, 1.807) is 20.8 Å². The van der Waals surface area contributed by atoms with Gasteiger partial charge in [0.15, 0.2) is 0 Å². The van der Waals surface area contributed by atoms with Crippen LogP contribution >= 0.6 is 0 Å². The van der Waals surface area contributed by atoms with E-state index in [0.717, 1.165) is 4.90 Å². The molecule has 1 unspecified atom stereocenters. The average molecular weight is 268 g/mol. The molecule has 0 saturated carbocycles.